The Kier molecular flexibility index (Phi) is 7.75. The highest BCUT2D eigenvalue weighted by Crippen LogP contribution is 2.38. The molecule has 0 bridgehead atoms. The van der Waals surface area contributed by atoms with Gasteiger partial charge in [-0.25, -0.2) is 4.39 Å². The van der Waals surface area contributed by atoms with Crippen molar-refractivity contribution in [2.75, 3.05) is 13.2 Å². The van der Waals surface area contributed by atoms with Gasteiger partial charge in [-0.15, -0.1) is 0 Å². The van der Waals surface area contributed by atoms with Crippen LogP contribution < -0.4 is 4.74 Å². The van der Waals surface area contributed by atoms with Gasteiger partial charge < -0.3 is 9.47 Å². The van der Waals surface area contributed by atoms with Crippen molar-refractivity contribution in [1.82, 2.24) is 0 Å². The topological polar surface area (TPSA) is 18.5 Å². The molecule has 0 radical (unpaired) electrons. The Bertz CT molecular complexity index is 663. The Morgan fingerprint density at radius 2 is 1.79 bits per heavy atom. The smallest absolute Gasteiger partial charge is 0.200 e. The van der Waals surface area contributed by atoms with Crippen molar-refractivity contribution in [3.63, 3.8) is 0 Å². The Labute approximate surface area is 168 Å². The fourth-order valence-corrected chi connectivity index (χ4v) is 4.64. The summed E-state index contributed by atoms with van der Waals surface area (Å²) in [5, 5.41) is 0. The molecule has 3 rings (SSSR count). The molecule has 1 unspecified atom stereocenters. The van der Waals surface area contributed by atoms with Crippen molar-refractivity contribution in [1.29, 1.82) is 0 Å². The van der Waals surface area contributed by atoms with Crippen LogP contribution in [-0.2, 0) is 11.2 Å². The first kappa shape index (κ1) is 21.1. The summed E-state index contributed by atoms with van der Waals surface area (Å²) in [4.78, 5) is 0. The highest BCUT2D eigenvalue weighted by Gasteiger charge is 2.27. The summed E-state index contributed by atoms with van der Waals surface area (Å²) in [6.45, 7) is 5.20. The lowest BCUT2D eigenvalue weighted by molar-refractivity contribution is 0.0997. The number of hydrogen-bond donors (Lipinski definition) is 0. The average Bonchev–Trinajstić information content (AvgIpc) is 2.72. The summed E-state index contributed by atoms with van der Waals surface area (Å²) in [6, 6.07) is 3.22. The third-order valence-electron chi connectivity index (χ3n) is 6.33. The van der Waals surface area contributed by atoms with Crippen molar-refractivity contribution in [2.24, 2.45) is 17.8 Å². The molecule has 1 atom stereocenters. The number of halogens is 2. The molecule has 1 aromatic rings. The van der Waals surface area contributed by atoms with Gasteiger partial charge in [0.2, 0.25) is 5.82 Å². The minimum Gasteiger partial charge on any atom is -0.498 e. The predicted octanol–water partition coefficient (Wildman–Crippen LogP) is 6.82. The molecule has 1 heterocycles. The lowest BCUT2D eigenvalue weighted by atomic mass is 9.78. The lowest BCUT2D eigenvalue weighted by Gasteiger charge is -2.33. The van der Waals surface area contributed by atoms with Gasteiger partial charge in [-0.05, 0) is 87.8 Å². The average molecular weight is 393 g/mol. The molecular formula is C24H34F2O2. The Balaban J connectivity index is 1.46. The van der Waals surface area contributed by atoms with Crippen LogP contribution in [0.4, 0.5) is 8.78 Å². The van der Waals surface area contributed by atoms with E-state index in [1.165, 1.54) is 18.6 Å². The maximum atomic E-state index is 14.3. The van der Waals surface area contributed by atoms with Gasteiger partial charge in [0.1, 0.15) is 0 Å². The minimum atomic E-state index is -0.856. The van der Waals surface area contributed by atoms with Crippen molar-refractivity contribution < 1.29 is 18.3 Å². The van der Waals surface area contributed by atoms with E-state index in [-0.39, 0.29) is 5.75 Å². The maximum absolute atomic E-state index is 14.3. The number of benzene rings is 1. The minimum absolute atomic E-state index is 0.00573. The second-order valence-corrected chi connectivity index (χ2v) is 8.35. The van der Waals surface area contributed by atoms with Crippen molar-refractivity contribution in [3.05, 3.63) is 41.2 Å². The second kappa shape index (κ2) is 10.3. The first-order valence-electron chi connectivity index (χ1n) is 11.0. The third kappa shape index (κ3) is 5.27. The maximum Gasteiger partial charge on any atom is 0.200 e. The van der Waals surface area contributed by atoms with E-state index in [2.05, 4.69) is 13.0 Å². The van der Waals surface area contributed by atoms with Gasteiger partial charge in [0.15, 0.2) is 11.6 Å². The Morgan fingerprint density at radius 1 is 1.00 bits per heavy atom. The van der Waals surface area contributed by atoms with Crippen LogP contribution in [0.5, 0.6) is 5.75 Å². The predicted molar refractivity (Wildman–Crippen MR) is 108 cm³/mol. The largest absolute Gasteiger partial charge is 0.498 e. The molecule has 1 fully saturated rings. The van der Waals surface area contributed by atoms with Crippen LogP contribution in [0.25, 0.3) is 0 Å². The van der Waals surface area contributed by atoms with Crippen molar-refractivity contribution >= 4 is 0 Å². The monoisotopic (exact) mass is 392 g/mol. The van der Waals surface area contributed by atoms with E-state index in [1.807, 2.05) is 0 Å². The van der Waals surface area contributed by atoms with Gasteiger partial charge in [0.05, 0.1) is 19.0 Å². The third-order valence-corrected chi connectivity index (χ3v) is 6.33. The van der Waals surface area contributed by atoms with E-state index in [0.29, 0.717) is 36.3 Å². The molecule has 28 heavy (non-hydrogen) atoms. The number of allylic oxidation sites excluding steroid dienone is 2. The standard InChI is InChI=1S/C24H34F2O2/c1-3-5-18-9-14-21(28-16-18)19-10-6-17(7-11-19)8-12-20-13-15-22(27-4-2)24(26)23(20)25/h13-15,17-19H,3-12,16H2,1-2H3. The normalized spacial score (nSPS) is 25.1. The fraction of sp³-hybridized carbons (Fsp3) is 0.667. The van der Waals surface area contributed by atoms with Gasteiger partial charge in [0, 0.05) is 5.92 Å². The highest BCUT2D eigenvalue weighted by molar-refractivity contribution is 5.31. The van der Waals surface area contributed by atoms with Crippen LogP contribution in [0.3, 0.4) is 0 Å². The van der Waals surface area contributed by atoms with Gasteiger partial charge >= 0.3 is 0 Å². The van der Waals surface area contributed by atoms with E-state index >= 15 is 0 Å². The molecule has 1 saturated carbocycles. The molecule has 1 aliphatic carbocycles. The number of hydrogen-bond acceptors (Lipinski definition) is 2. The quantitative estimate of drug-likeness (QED) is 0.483. The second-order valence-electron chi connectivity index (χ2n) is 8.35. The SMILES string of the molecule is CCCC1CC=C(C2CCC(CCc3ccc(OCC)c(F)c3F)CC2)OC1. The van der Waals surface area contributed by atoms with E-state index in [0.717, 1.165) is 45.1 Å². The molecule has 2 nitrogen and oxygen atoms in total. The number of ether oxygens (including phenoxy) is 2. The van der Waals surface area contributed by atoms with Crippen LogP contribution in [0.15, 0.2) is 24.0 Å². The molecular weight excluding hydrogens is 358 g/mol. The molecule has 4 heteroatoms. The summed E-state index contributed by atoms with van der Waals surface area (Å²) in [5.41, 5.74) is 0.461. The van der Waals surface area contributed by atoms with Gasteiger partial charge in [0.25, 0.3) is 0 Å². The summed E-state index contributed by atoms with van der Waals surface area (Å²) in [7, 11) is 0. The molecule has 0 N–H and O–H groups in total. The van der Waals surface area contributed by atoms with Crippen LogP contribution in [-0.4, -0.2) is 13.2 Å². The van der Waals surface area contributed by atoms with E-state index in [9.17, 15) is 8.78 Å². The number of rotatable bonds is 8. The molecule has 2 aliphatic rings. The number of aryl methyl sites for hydroxylation is 1. The zero-order valence-electron chi connectivity index (χ0n) is 17.3. The molecule has 0 amide bonds. The van der Waals surface area contributed by atoms with Crippen LogP contribution in [0.2, 0.25) is 0 Å². The van der Waals surface area contributed by atoms with Crippen molar-refractivity contribution in [3.8, 4) is 5.75 Å². The van der Waals surface area contributed by atoms with Crippen LogP contribution >= 0.6 is 0 Å². The molecule has 0 aromatic heterocycles. The Hall–Kier alpha value is -1.58. The summed E-state index contributed by atoms with van der Waals surface area (Å²) in [5.74, 6) is 1.44. The Morgan fingerprint density at radius 3 is 2.43 bits per heavy atom. The van der Waals surface area contributed by atoms with E-state index in [4.69, 9.17) is 9.47 Å². The first-order valence-corrected chi connectivity index (χ1v) is 11.0. The van der Waals surface area contributed by atoms with E-state index < -0.39 is 11.6 Å². The van der Waals surface area contributed by atoms with Gasteiger partial charge in [-0.3, -0.25) is 0 Å². The zero-order chi connectivity index (χ0) is 19.9. The molecule has 1 aliphatic heterocycles. The first-order chi connectivity index (χ1) is 13.6. The van der Waals surface area contributed by atoms with Gasteiger partial charge in [-0.1, -0.05) is 19.4 Å². The molecule has 0 spiro atoms. The van der Waals surface area contributed by atoms with Crippen LogP contribution in [0.1, 0.15) is 70.8 Å². The van der Waals surface area contributed by atoms with Gasteiger partial charge in [-0.2, -0.15) is 4.39 Å². The summed E-state index contributed by atoms with van der Waals surface area (Å²) < 4.78 is 39.5. The zero-order valence-corrected chi connectivity index (χ0v) is 17.3. The highest BCUT2D eigenvalue weighted by atomic mass is 19.2. The molecule has 1 aromatic carbocycles. The van der Waals surface area contributed by atoms with Crippen molar-refractivity contribution in [2.45, 2.75) is 71.6 Å². The lowest BCUT2D eigenvalue weighted by Crippen LogP contribution is -2.22. The van der Waals surface area contributed by atoms with Crippen LogP contribution in [0, 0.1) is 29.4 Å². The van der Waals surface area contributed by atoms with E-state index in [1.54, 1.807) is 19.1 Å². The fourth-order valence-electron chi connectivity index (χ4n) is 4.64. The summed E-state index contributed by atoms with van der Waals surface area (Å²) in [6.07, 6.45) is 12.0. The molecule has 156 valence electrons. The molecule has 0 saturated heterocycles. The summed E-state index contributed by atoms with van der Waals surface area (Å²) >= 11 is 0.